The molecule has 1 aliphatic rings. The average molecular weight is 316 g/mol. The van der Waals surface area contributed by atoms with Crippen molar-refractivity contribution in [3.8, 4) is 17.1 Å². The van der Waals surface area contributed by atoms with Gasteiger partial charge in [0.05, 0.1) is 22.5 Å². The smallest absolute Gasteiger partial charge is 0.280 e. The van der Waals surface area contributed by atoms with E-state index in [0.29, 0.717) is 28.1 Å². The van der Waals surface area contributed by atoms with Gasteiger partial charge in [-0.3, -0.25) is 4.79 Å². The van der Waals surface area contributed by atoms with E-state index in [0.717, 1.165) is 5.56 Å². The molecule has 24 heavy (non-hydrogen) atoms. The molecule has 0 bridgehead atoms. The van der Waals surface area contributed by atoms with Gasteiger partial charge in [0.2, 0.25) is 0 Å². The average Bonchev–Trinajstić information content (AvgIpc) is 3.11. The van der Waals surface area contributed by atoms with Gasteiger partial charge in [-0.1, -0.05) is 73.9 Å². The lowest BCUT2D eigenvalue weighted by molar-refractivity contribution is 0.101. The highest BCUT2D eigenvalue weighted by molar-refractivity contribution is 6.31. The molecule has 1 aromatic carbocycles. The molecule has 1 aromatic heterocycles. The Morgan fingerprint density at radius 3 is 2.54 bits per heavy atom. The summed E-state index contributed by atoms with van der Waals surface area (Å²) in [6.07, 6.45) is 8.47. The Bertz CT molecular complexity index is 913. The van der Waals surface area contributed by atoms with E-state index >= 15 is 0 Å². The summed E-state index contributed by atoms with van der Waals surface area (Å²) >= 11 is 0. The van der Waals surface area contributed by atoms with Gasteiger partial charge >= 0.3 is 0 Å². The summed E-state index contributed by atoms with van der Waals surface area (Å²) < 4.78 is 0. The van der Waals surface area contributed by atoms with Gasteiger partial charge in [0.1, 0.15) is 0 Å². The van der Waals surface area contributed by atoms with E-state index in [2.05, 4.69) is 23.1 Å². The number of nitrogens with one attached hydrogen (secondary N) is 1. The zero-order valence-electron chi connectivity index (χ0n) is 13.0. The van der Waals surface area contributed by atoms with Gasteiger partial charge in [-0.25, -0.2) is 4.99 Å². The van der Waals surface area contributed by atoms with Gasteiger partial charge in [-0.15, -0.1) is 0 Å². The van der Waals surface area contributed by atoms with E-state index in [-0.39, 0.29) is 11.8 Å². The van der Waals surface area contributed by atoms with Gasteiger partial charge in [-0.2, -0.15) is 0 Å². The number of allylic oxidation sites excluding steroid dienone is 6. The summed E-state index contributed by atoms with van der Waals surface area (Å²) in [6.45, 7) is 7.32. The predicted molar refractivity (Wildman–Crippen MR) is 96.4 cm³/mol. The molecule has 4 heteroatoms. The second-order valence-electron chi connectivity index (χ2n) is 5.18. The fraction of sp³-hybridized carbons (Fsp3) is 0. The van der Waals surface area contributed by atoms with Gasteiger partial charge in [0.25, 0.3) is 5.91 Å². The number of H-pyrrole nitrogens is 1. The van der Waals surface area contributed by atoms with Crippen LogP contribution in [0.25, 0.3) is 11.3 Å². The number of rotatable bonds is 5. The van der Waals surface area contributed by atoms with Crippen molar-refractivity contribution in [3.05, 3.63) is 90.6 Å². The first-order valence-corrected chi connectivity index (χ1v) is 7.43. The first-order chi connectivity index (χ1) is 11.7. The SMILES string of the molecule is C=C/C=C\C(=C/C=C)C1=NC(=O)c2c(-c3ccccc3)[nH]c(O)c21. The summed E-state index contributed by atoms with van der Waals surface area (Å²) in [5.74, 6) is -0.451. The number of amides is 1. The van der Waals surface area contributed by atoms with Crippen molar-refractivity contribution < 1.29 is 9.90 Å². The standard InChI is InChI=1S/C20H16N2O2/c1-3-5-10-13(9-4-2)17-15-16(20(24)21-17)18(22-19(15)23)14-11-7-6-8-12-14/h3-12,22-23H,1-2H2/b10-5-,13-9+. The number of carbonyl (C=O) groups excluding carboxylic acids is 1. The van der Waals surface area contributed by atoms with E-state index in [9.17, 15) is 9.90 Å². The molecule has 3 rings (SSSR count). The van der Waals surface area contributed by atoms with Crippen LogP contribution in [0.15, 0.2) is 84.4 Å². The summed E-state index contributed by atoms with van der Waals surface area (Å²) in [7, 11) is 0. The number of nitrogens with zero attached hydrogens (tertiary/aromatic N) is 1. The molecule has 2 N–H and O–H groups in total. The number of aromatic amines is 1. The molecule has 0 unspecified atom stereocenters. The molecule has 0 fully saturated rings. The predicted octanol–water partition coefficient (Wildman–Crippen LogP) is 4.18. The van der Waals surface area contributed by atoms with E-state index in [1.54, 1.807) is 30.4 Å². The number of fused-ring (bicyclic) bond motifs is 1. The molecule has 0 saturated carbocycles. The molecule has 0 aliphatic carbocycles. The number of aromatic hydroxyl groups is 1. The lowest BCUT2D eigenvalue weighted by Crippen LogP contribution is -2.00. The maximum absolute atomic E-state index is 12.4. The minimum Gasteiger partial charge on any atom is -0.494 e. The number of hydrogen-bond acceptors (Lipinski definition) is 2. The van der Waals surface area contributed by atoms with Crippen LogP contribution in [-0.2, 0) is 0 Å². The first-order valence-electron chi connectivity index (χ1n) is 7.43. The Kier molecular flexibility index (Phi) is 4.12. The van der Waals surface area contributed by atoms with Crippen LogP contribution < -0.4 is 0 Å². The summed E-state index contributed by atoms with van der Waals surface area (Å²) in [4.78, 5) is 19.5. The normalized spacial score (nSPS) is 13.9. The highest BCUT2D eigenvalue weighted by atomic mass is 16.3. The van der Waals surface area contributed by atoms with Crippen LogP contribution in [0.1, 0.15) is 15.9 Å². The van der Waals surface area contributed by atoms with E-state index in [4.69, 9.17) is 0 Å². The van der Waals surface area contributed by atoms with E-state index in [1.165, 1.54) is 0 Å². The fourth-order valence-corrected chi connectivity index (χ4v) is 2.69. The van der Waals surface area contributed by atoms with Crippen LogP contribution >= 0.6 is 0 Å². The molecule has 1 aliphatic heterocycles. The Morgan fingerprint density at radius 2 is 1.88 bits per heavy atom. The lowest BCUT2D eigenvalue weighted by atomic mass is 9.99. The van der Waals surface area contributed by atoms with Crippen molar-refractivity contribution in [2.24, 2.45) is 4.99 Å². The third kappa shape index (κ3) is 2.54. The third-order valence-corrected chi connectivity index (χ3v) is 3.69. The van der Waals surface area contributed by atoms with Crippen molar-refractivity contribution in [1.29, 1.82) is 0 Å². The highest BCUT2D eigenvalue weighted by Crippen LogP contribution is 2.38. The Morgan fingerprint density at radius 1 is 1.12 bits per heavy atom. The molecule has 0 spiro atoms. The molecular weight excluding hydrogens is 300 g/mol. The molecule has 2 heterocycles. The van der Waals surface area contributed by atoms with Crippen molar-refractivity contribution in [3.63, 3.8) is 0 Å². The van der Waals surface area contributed by atoms with E-state index in [1.807, 2.05) is 30.3 Å². The number of aromatic nitrogens is 1. The summed E-state index contributed by atoms with van der Waals surface area (Å²) in [5.41, 5.74) is 3.28. The minimum atomic E-state index is -0.377. The third-order valence-electron chi connectivity index (χ3n) is 3.69. The van der Waals surface area contributed by atoms with Crippen LogP contribution in [0.4, 0.5) is 0 Å². The van der Waals surface area contributed by atoms with Gasteiger partial charge in [0.15, 0.2) is 5.88 Å². The second kappa shape index (κ2) is 6.38. The van der Waals surface area contributed by atoms with Crippen LogP contribution in [0.3, 0.4) is 0 Å². The molecule has 0 radical (unpaired) electrons. The van der Waals surface area contributed by atoms with Crippen LogP contribution in [-0.4, -0.2) is 21.7 Å². The Hall–Kier alpha value is -3.40. The van der Waals surface area contributed by atoms with Gasteiger partial charge in [0, 0.05) is 5.57 Å². The molecule has 4 nitrogen and oxygen atoms in total. The van der Waals surface area contributed by atoms with Crippen molar-refractivity contribution in [2.75, 3.05) is 0 Å². The van der Waals surface area contributed by atoms with Crippen molar-refractivity contribution in [2.45, 2.75) is 0 Å². The summed E-state index contributed by atoms with van der Waals surface area (Å²) in [5, 5.41) is 10.4. The van der Waals surface area contributed by atoms with Crippen LogP contribution in [0.2, 0.25) is 0 Å². The minimum absolute atomic E-state index is 0.0737. The highest BCUT2D eigenvalue weighted by Gasteiger charge is 2.33. The molecule has 1 amide bonds. The monoisotopic (exact) mass is 316 g/mol. The fourth-order valence-electron chi connectivity index (χ4n) is 2.69. The second-order valence-corrected chi connectivity index (χ2v) is 5.18. The first kappa shape index (κ1) is 15.5. The Balaban J connectivity index is 2.17. The molecule has 0 saturated heterocycles. The Labute approximate surface area is 139 Å². The number of benzene rings is 1. The maximum atomic E-state index is 12.4. The molecule has 0 atom stereocenters. The zero-order chi connectivity index (χ0) is 17.1. The number of hydrogen-bond donors (Lipinski definition) is 2. The molecular formula is C20H16N2O2. The molecule has 118 valence electrons. The number of aliphatic imine (C=N–C) groups is 1. The van der Waals surface area contributed by atoms with Crippen LogP contribution in [0.5, 0.6) is 5.88 Å². The topological polar surface area (TPSA) is 65.5 Å². The van der Waals surface area contributed by atoms with E-state index < -0.39 is 0 Å². The number of carbonyl (C=O) groups is 1. The summed E-state index contributed by atoms with van der Waals surface area (Å²) in [6, 6.07) is 9.37. The lowest BCUT2D eigenvalue weighted by Gasteiger charge is -2.01. The van der Waals surface area contributed by atoms with Crippen LogP contribution in [0, 0.1) is 0 Å². The van der Waals surface area contributed by atoms with Gasteiger partial charge in [-0.05, 0) is 5.56 Å². The quantitative estimate of drug-likeness (QED) is 0.812. The largest absolute Gasteiger partial charge is 0.494 e. The van der Waals surface area contributed by atoms with Crippen molar-refractivity contribution in [1.82, 2.24) is 4.98 Å². The molecule has 2 aromatic rings. The maximum Gasteiger partial charge on any atom is 0.280 e. The zero-order valence-corrected chi connectivity index (χ0v) is 13.0. The van der Waals surface area contributed by atoms with Gasteiger partial charge < -0.3 is 10.1 Å². The van der Waals surface area contributed by atoms with Crippen molar-refractivity contribution >= 4 is 11.6 Å².